The summed E-state index contributed by atoms with van der Waals surface area (Å²) in [7, 11) is 0. The summed E-state index contributed by atoms with van der Waals surface area (Å²) >= 11 is 0. The molecule has 6 heteroatoms. The molecular weight excluding hydrogens is 246 g/mol. The van der Waals surface area contributed by atoms with E-state index in [9.17, 15) is 9.59 Å². The number of pyridine rings is 1. The summed E-state index contributed by atoms with van der Waals surface area (Å²) in [6, 6.07) is 3.24. The topological polar surface area (TPSA) is 80.3 Å². The van der Waals surface area contributed by atoms with Crippen LogP contribution in [0.1, 0.15) is 31.9 Å². The van der Waals surface area contributed by atoms with Crippen LogP contribution in [0, 0.1) is 0 Å². The number of rotatable bonds is 6. The summed E-state index contributed by atoms with van der Waals surface area (Å²) in [6.45, 7) is 4.21. The van der Waals surface area contributed by atoms with Gasteiger partial charge >= 0.3 is 12.0 Å². The largest absolute Gasteiger partial charge is 0.466 e. The van der Waals surface area contributed by atoms with E-state index in [0.29, 0.717) is 6.61 Å². The van der Waals surface area contributed by atoms with Crippen LogP contribution >= 0.6 is 0 Å². The Hall–Kier alpha value is -2.11. The van der Waals surface area contributed by atoms with Crippen molar-refractivity contribution in [3.05, 3.63) is 30.1 Å². The smallest absolute Gasteiger partial charge is 0.315 e. The van der Waals surface area contributed by atoms with Gasteiger partial charge in [0.2, 0.25) is 0 Å². The van der Waals surface area contributed by atoms with Gasteiger partial charge in [-0.2, -0.15) is 0 Å². The third kappa shape index (κ3) is 5.85. The molecule has 0 aliphatic carbocycles. The van der Waals surface area contributed by atoms with Gasteiger partial charge in [-0.05, 0) is 25.5 Å². The van der Waals surface area contributed by atoms with E-state index in [1.165, 1.54) is 0 Å². The lowest BCUT2D eigenvalue weighted by Crippen LogP contribution is -2.38. The fraction of sp³-hybridized carbons (Fsp3) is 0.462. The van der Waals surface area contributed by atoms with E-state index in [4.69, 9.17) is 4.74 Å². The Morgan fingerprint density at radius 3 is 2.89 bits per heavy atom. The van der Waals surface area contributed by atoms with Crippen LogP contribution in [0.2, 0.25) is 0 Å². The summed E-state index contributed by atoms with van der Waals surface area (Å²) in [5.74, 6) is -0.317. The fourth-order valence-electron chi connectivity index (χ4n) is 1.47. The third-order valence-corrected chi connectivity index (χ3v) is 2.45. The summed E-state index contributed by atoms with van der Waals surface area (Å²) in [6.07, 6.45) is 3.54. The Morgan fingerprint density at radius 1 is 1.47 bits per heavy atom. The predicted octanol–water partition coefficient (Wildman–Crippen LogP) is 1.39. The van der Waals surface area contributed by atoms with Crippen molar-refractivity contribution in [1.29, 1.82) is 0 Å². The average molecular weight is 265 g/mol. The van der Waals surface area contributed by atoms with E-state index < -0.39 is 0 Å². The molecule has 0 aromatic carbocycles. The molecule has 2 N–H and O–H groups in total. The second-order valence-electron chi connectivity index (χ2n) is 3.96. The summed E-state index contributed by atoms with van der Waals surface area (Å²) in [5.41, 5.74) is 0.919. The third-order valence-electron chi connectivity index (χ3n) is 2.45. The number of nitrogens with one attached hydrogen (secondary N) is 2. The van der Waals surface area contributed by atoms with Gasteiger partial charge in [0.1, 0.15) is 0 Å². The number of nitrogens with zero attached hydrogens (tertiary/aromatic N) is 1. The zero-order valence-corrected chi connectivity index (χ0v) is 11.2. The molecule has 1 heterocycles. The number of esters is 1. The Kier molecular flexibility index (Phi) is 6.35. The van der Waals surface area contributed by atoms with Crippen molar-refractivity contribution in [3.63, 3.8) is 0 Å². The van der Waals surface area contributed by atoms with Gasteiger partial charge in [0.25, 0.3) is 0 Å². The first-order valence-electron chi connectivity index (χ1n) is 6.23. The number of aromatic nitrogens is 1. The van der Waals surface area contributed by atoms with Crippen molar-refractivity contribution in [1.82, 2.24) is 15.6 Å². The lowest BCUT2D eigenvalue weighted by molar-refractivity contribution is -0.142. The van der Waals surface area contributed by atoms with Crippen molar-refractivity contribution >= 4 is 12.0 Å². The molecule has 2 amide bonds. The molecule has 1 aromatic rings. The molecule has 1 atom stereocenters. The molecule has 0 aliphatic rings. The lowest BCUT2D eigenvalue weighted by Gasteiger charge is -2.14. The summed E-state index contributed by atoms with van der Waals surface area (Å²) < 4.78 is 4.76. The molecule has 0 spiro atoms. The van der Waals surface area contributed by atoms with Gasteiger partial charge in [0.15, 0.2) is 0 Å². The predicted molar refractivity (Wildman–Crippen MR) is 70.4 cm³/mol. The molecule has 19 heavy (non-hydrogen) atoms. The Morgan fingerprint density at radius 2 is 2.26 bits per heavy atom. The molecular formula is C13H19N3O3. The highest BCUT2D eigenvalue weighted by atomic mass is 16.5. The van der Waals surface area contributed by atoms with Gasteiger partial charge in [-0.15, -0.1) is 0 Å². The van der Waals surface area contributed by atoms with E-state index in [1.54, 1.807) is 19.3 Å². The summed E-state index contributed by atoms with van der Waals surface area (Å²) in [4.78, 5) is 26.6. The second-order valence-corrected chi connectivity index (χ2v) is 3.96. The number of ether oxygens (including phenoxy) is 1. The van der Waals surface area contributed by atoms with Crippen molar-refractivity contribution in [3.8, 4) is 0 Å². The monoisotopic (exact) mass is 265 g/mol. The van der Waals surface area contributed by atoms with Gasteiger partial charge in [-0.1, -0.05) is 6.07 Å². The first-order valence-corrected chi connectivity index (χ1v) is 6.23. The van der Waals surface area contributed by atoms with E-state index >= 15 is 0 Å². The number of hydrogen-bond donors (Lipinski definition) is 2. The quantitative estimate of drug-likeness (QED) is 0.762. The molecule has 6 nitrogen and oxygen atoms in total. The maximum atomic E-state index is 11.6. The Labute approximate surface area is 112 Å². The van der Waals surface area contributed by atoms with Crippen molar-refractivity contribution in [2.24, 2.45) is 0 Å². The standard InChI is InChI=1S/C13H19N3O3/c1-3-19-12(17)6-8-15-13(18)16-10(2)11-5-4-7-14-9-11/h4-5,7,9-10H,3,6,8H2,1-2H3,(H2,15,16,18). The summed E-state index contributed by atoms with van der Waals surface area (Å²) in [5, 5.41) is 5.36. The van der Waals surface area contributed by atoms with Crippen LogP contribution in [0.25, 0.3) is 0 Å². The zero-order chi connectivity index (χ0) is 14.1. The van der Waals surface area contributed by atoms with E-state index in [2.05, 4.69) is 15.6 Å². The van der Waals surface area contributed by atoms with Gasteiger partial charge in [-0.25, -0.2) is 4.79 Å². The van der Waals surface area contributed by atoms with Crippen LogP contribution in [0.15, 0.2) is 24.5 Å². The molecule has 0 saturated heterocycles. The van der Waals surface area contributed by atoms with Crippen LogP contribution in [0.3, 0.4) is 0 Å². The highest BCUT2D eigenvalue weighted by Gasteiger charge is 2.09. The van der Waals surface area contributed by atoms with Crippen molar-refractivity contribution in [2.45, 2.75) is 26.3 Å². The first-order chi connectivity index (χ1) is 9.13. The van der Waals surface area contributed by atoms with E-state index in [0.717, 1.165) is 5.56 Å². The van der Waals surface area contributed by atoms with Crippen LogP contribution in [-0.2, 0) is 9.53 Å². The van der Waals surface area contributed by atoms with Crippen molar-refractivity contribution < 1.29 is 14.3 Å². The minimum absolute atomic E-state index is 0.142. The minimum atomic E-state index is -0.319. The number of hydrogen-bond acceptors (Lipinski definition) is 4. The lowest BCUT2D eigenvalue weighted by atomic mass is 10.1. The van der Waals surface area contributed by atoms with Crippen LogP contribution in [0.5, 0.6) is 0 Å². The van der Waals surface area contributed by atoms with Crippen molar-refractivity contribution in [2.75, 3.05) is 13.2 Å². The Balaban J connectivity index is 2.26. The van der Waals surface area contributed by atoms with Gasteiger partial charge in [-0.3, -0.25) is 9.78 Å². The number of urea groups is 1. The fourth-order valence-corrected chi connectivity index (χ4v) is 1.47. The zero-order valence-electron chi connectivity index (χ0n) is 11.2. The van der Waals surface area contributed by atoms with Crippen LogP contribution in [0.4, 0.5) is 4.79 Å². The maximum absolute atomic E-state index is 11.6. The van der Waals surface area contributed by atoms with Crippen LogP contribution in [-0.4, -0.2) is 30.1 Å². The molecule has 0 bridgehead atoms. The van der Waals surface area contributed by atoms with Gasteiger partial charge < -0.3 is 15.4 Å². The van der Waals surface area contributed by atoms with Gasteiger partial charge in [0.05, 0.1) is 19.1 Å². The maximum Gasteiger partial charge on any atom is 0.315 e. The first kappa shape index (κ1) is 14.9. The highest BCUT2D eigenvalue weighted by molar-refractivity contribution is 5.75. The molecule has 1 rings (SSSR count). The normalized spacial score (nSPS) is 11.5. The van der Waals surface area contributed by atoms with E-state index in [1.807, 2.05) is 19.1 Å². The molecule has 0 aliphatic heterocycles. The van der Waals surface area contributed by atoms with E-state index in [-0.39, 0.29) is 31.0 Å². The molecule has 0 fully saturated rings. The minimum Gasteiger partial charge on any atom is -0.466 e. The second kappa shape index (κ2) is 8.07. The molecule has 0 saturated carbocycles. The van der Waals surface area contributed by atoms with Crippen LogP contribution < -0.4 is 10.6 Å². The Bertz CT molecular complexity index is 409. The molecule has 0 radical (unpaired) electrons. The van der Waals surface area contributed by atoms with Gasteiger partial charge in [0, 0.05) is 18.9 Å². The number of carbonyl (C=O) groups excluding carboxylic acids is 2. The SMILES string of the molecule is CCOC(=O)CCNC(=O)NC(C)c1cccnc1. The average Bonchev–Trinajstić information content (AvgIpc) is 2.40. The highest BCUT2D eigenvalue weighted by Crippen LogP contribution is 2.08. The molecule has 1 aromatic heterocycles. The molecule has 104 valence electrons. The number of carbonyl (C=O) groups is 2. The number of amides is 2. The molecule has 1 unspecified atom stereocenters.